The Labute approximate surface area is 54.4 Å². The van der Waals surface area contributed by atoms with E-state index in [1.807, 2.05) is 0 Å². The maximum atomic E-state index is 5.29. The average Bonchev–Trinajstić information content (AvgIpc) is 1.69. The van der Waals surface area contributed by atoms with E-state index in [-0.39, 0.29) is 0 Å². The van der Waals surface area contributed by atoms with Gasteiger partial charge in [-0.1, -0.05) is 0 Å². The zero-order chi connectivity index (χ0) is 5.54. The van der Waals surface area contributed by atoms with Crippen LogP contribution in [0.4, 0.5) is 0 Å². The minimum absolute atomic E-state index is 0.577. The number of hydrogen-bond acceptors (Lipinski definition) is 2. The first-order valence-corrected chi connectivity index (χ1v) is 3.33. The van der Waals surface area contributed by atoms with Crippen LogP contribution in [0.1, 0.15) is 0 Å². The van der Waals surface area contributed by atoms with Gasteiger partial charge in [-0.2, -0.15) is 12.6 Å². The molecule has 0 saturated heterocycles. The van der Waals surface area contributed by atoms with Crippen molar-refractivity contribution >= 4 is 24.2 Å². The fourth-order valence-electron chi connectivity index (χ4n) is 0.221. The van der Waals surface area contributed by atoms with Gasteiger partial charge in [0.05, 0.1) is 13.2 Å². The summed E-state index contributed by atoms with van der Waals surface area (Å²) in [5.74, 6) is 1.35. The lowest BCUT2D eigenvalue weighted by Crippen LogP contribution is -1.97. The lowest BCUT2D eigenvalue weighted by atomic mass is 10.8. The topological polar surface area (TPSA) is 9.23 Å². The number of hydrogen-bond donors (Lipinski definition) is 1. The Balaban J connectivity index is 2.45. The van der Waals surface area contributed by atoms with E-state index in [1.165, 1.54) is 0 Å². The molecule has 0 saturated carbocycles. The van der Waals surface area contributed by atoms with E-state index >= 15 is 0 Å². The SMILES string of the molecule is SCCOCCCl. The fourth-order valence-corrected chi connectivity index (χ4v) is 0.459. The Kier molecular flexibility index (Phi) is 7.17. The molecule has 0 radical (unpaired) electrons. The van der Waals surface area contributed by atoms with Crippen molar-refractivity contribution in [2.24, 2.45) is 0 Å². The highest BCUT2D eigenvalue weighted by molar-refractivity contribution is 7.80. The summed E-state index contributed by atoms with van der Waals surface area (Å²) in [6.07, 6.45) is 0. The third kappa shape index (κ3) is 6.60. The summed E-state index contributed by atoms with van der Waals surface area (Å²) in [6, 6.07) is 0. The largest absolute Gasteiger partial charge is 0.379 e. The van der Waals surface area contributed by atoms with Crippen molar-refractivity contribution in [2.75, 3.05) is 24.8 Å². The van der Waals surface area contributed by atoms with Crippen LogP contribution in [0.15, 0.2) is 0 Å². The van der Waals surface area contributed by atoms with Gasteiger partial charge in [0, 0.05) is 11.6 Å². The molecule has 0 amide bonds. The van der Waals surface area contributed by atoms with Crippen molar-refractivity contribution in [3.63, 3.8) is 0 Å². The van der Waals surface area contributed by atoms with E-state index in [1.54, 1.807) is 0 Å². The molecule has 0 bridgehead atoms. The van der Waals surface area contributed by atoms with Crippen LogP contribution in [-0.2, 0) is 4.74 Å². The van der Waals surface area contributed by atoms with Crippen molar-refractivity contribution in [1.29, 1.82) is 0 Å². The molecule has 0 heterocycles. The van der Waals surface area contributed by atoms with Crippen LogP contribution in [0.2, 0.25) is 0 Å². The molecule has 7 heavy (non-hydrogen) atoms. The summed E-state index contributed by atoms with van der Waals surface area (Å²) in [4.78, 5) is 0. The maximum absolute atomic E-state index is 5.29. The van der Waals surface area contributed by atoms with Gasteiger partial charge in [-0.3, -0.25) is 0 Å². The molecule has 0 aromatic carbocycles. The number of alkyl halides is 1. The molecule has 0 unspecified atom stereocenters. The number of halogens is 1. The van der Waals surface area contributed by atoms with Gasteiger partial charge < -0.3 is 4.74 Å². The lowest BCUT2D eigenvalue weighted by Gasteiger charge is -1.94. The molecular weight excluding hydrogens is 132 g/mol. The highest BCUT2D eigenvalue weighted by Crippen LogP contribution is 1.79. The zero-order valence-electron chi connectivity index (χ0n) is 4.06. The molecule has 0 aliphatic heterocycles. The second kappa shape index (κ2) is 6.60. The number of thiol groups is 1. The van der Waals surface area contributed by atoms with Gasteiger partial charge in [0.25, 0.3) is 0 Å². The molecule has 0 aromatic rings. The normalized spacial score (nSPS) is 9.43. The third-order valence-corrected chi connectivity index (χ3v) is 0.794. The molecule has 0 fully saturated rings. The summed E-state index contributed by atoms with van der Waals surface area (Å²) in [6.45, 7) is 1.35. The highest BCUT2D eigenvalue weighted by Gasteiger charge is 1.79. The van der Waals surface area contributed by atoms with E-state index in [0.29, 0.717) is 19.1 Å². The Hall–Kier alpha value is 0.600. The van der Waals surface area contributed by atoms with Crippen molar-refractivity contribution in [3.05, 3.63) is 0 Å². The number of rotatable bonds is 4. The van der Waals surface area contributed by atoms with E-state index in [4.69, 9.17) is 16.3 Å². The smallest absolute Gasteiger partial charge is 0.0602 e. The van der Waals surface area contributed by atoms with E-state index in [9.17, 15) is 0 Å². The summed E-state index contributed by atoms with van der Waals surface area (Å²) in [7, 11) is 0. The molecule has 0 aliphatic rings. The molecule has 0 atom stereocenters. The van der Waals surface area contributed by atoms with Crippen LogP contribution < -0.4 is 0 Å². The van der Waals surface area contributed by atoms with Gasteiger partial charge in [0.15, 0.2) is 0 Å². The van der Waals surface area contributed by atoms with E-state index in [0.717, 1.165) is 5.75 Å². The van der Waals surface area contributed by atoms with Crippen molar-refractivity contribution in [3.8, 4) is 0 Å². The number of ether oxygens (including phenoxy) is 1. The molecule has 0 N–H and O–H groups in total. The Bertz CT molecular complexity index is 30.9. The summed E-state index contributed by atoms with van der Waals surface area (Å²) in [5, 5.41) is 0. The zero-order valence-corrected chi connectivity index (χ0v) is 5.71. The maximum Gasteiger partial charge on any atom is 0.0602 e. The van der Waals surface area contributed by atoms with Gasteiger partial charge in [0.2, 0.25) is 0 Å². The molecule has 0 aromatic heterocycles. The van der Waals surface area contributed by atoms with Gasteiger partial charge >= 0.3 is 0 Å². The van der Waals surface area contributed by atoms with Crippen LogP contribution in [0.3, 0.4) is 0 Å². The lowest BCUT2D eigenvalue weighted by molar-refractivity contribution is 0.166. The van der Waals surface area contributed by atoms with Crippen LogP contribution in [0.5, 0.6) is 0 Å². The second-order valence-electron chi connectivity index (χ2n) is 1.02. The molecule has 44 valence electrons. The summed E-state index contributed by atoms with van der Waals surface area (Å²) >= 11 is 9.21. The van der Waals surface area contributed by atoms with Gasteiger partial charge in [-0.05, 0) is 0 Å². The Morgan fingerprint density at radius 3 is 2.57 bits per heavy atom. The minimum atomic E-state index is 0.577. The summed E-state index contributed by atoms with van der Waals surface area (Å²) in [5.41, 5.74) is 0. The molecule has 0 aliphatic carbocycles. The van der Waals surface area contributed by atoms with Crippen LogP contribution >= 0.6 is 24.2 Å². The van der Waals surface area contributed by atoms with Crippen LogP contribution in [0, 0.1) is 0 Å². The second-order valence-corrected chi connectivity index (χ2v) is 1.85. The molecule has 3 heteroatoms. The van der Waals surface area contributed by atoms with E-state index < -0.39 is 0 Å². The minimum Gasteiger partial charge on any atom is -0.379 e. The first-order valence-electron chi connectivity index (χ1n) is 2.16. The first kappa shape index (κ1) is 7.60. The molecule has 0 rings (SSSR count). The standard InChI is InChI=1S/C4H9ClOS/c5-1-2-6-3-4-7/h7H,1-4H2. The van der Waals surface area contributed by atoms with Crippen molar-refractivity contribution in [1.82, 2.24) is 0 Å². The summed E-state index contributed by atoms with van der Waals surface area (Å²) < 4.78 is 4.92. The Morgan fingerprint density at radius 1 is 1.43 bits per heavy atom. The average molecular weight is 141 g/mol. The van der Waals surface area contributed by atoms with Crippen LogP contribution in [-0.4, -0.2) is 24.8 Å². The first-order chi connectivity index (χ1) is 3.41. The molecule has 0 spiro atoms. The van der Waals surface area contributed by atoms with Crippen LogP contribution in [0.25, 0.3) is 0 Å². The van der Waals surface area contributed by atoms with Gasteiger partial charge in [0.1, 0.15) is 0 Å². The van der Waals surface area contributed by atoms with Gasteiger partial charge in [-0.25, -0.2) is 0 Å². The van der Waals surface area contributed by atoms with E-state index in [2.05, 4.69) is 12.6 Å². The van der Waals surface area contributed by atoms with Gasteiger partial charge in [-0.15, -0.1) is 11.6 Å². The van der Waals surface area contributed by atoms with Crippen molar-refractivity contribution in [2.45, 2.75) is 0 Å². The Morgan fingerprint density at radius 2 is 2.14 bits per heavy atom. The molecular formula is C4H9ClOS. The predicted molar refractivity (Wildman–Crippen MR) is 35.4 cm³/mol. The quantitative estimate of drug-likeness (QED) is 0.351. The highest BCUT2D eigenvalue weighted by atomic mass is 35.5. The van der Waals surface area contributed by atoms with Crippen molar-refractivity contribution < 1.29 is 4.74 Å². The monoisotopic (exact) mass is 140 g/mol. The third-order valence-electron chi connectivity index (χ3n) is 0.457. The predicted octanol–water partition coefficient (Wildman–Crippen LogP) is 1.17. The fraction of sp³-hybridized carbons (Fsp3) is 1.00. The molecule has 1 nitrogen and oxygen atoms in total.